The van der Waals surface area contributed by atoms with Gasteiger partial charge in [0.15, 0.2) is 5.60 Å². The minimum absolute atomic E-state index is 0.0493. The molecular formula is C20H27NO5. The van der Waals surface area contributed by atoms with E-state index >= 15 is 0 Å². The van der Waals surface area contributed by atoms with Crippen molar-refractivity contribution < 1.29 is 24.2 Å². The Hall–Kier alpha value is -1.92. The number of carbonyl (C=O) groups excluding carboxylic acids is 1. The van der Waals surface area contributed by atoms with Gasteiger partial charge in [-0.3, -0.25) is 9.59 Å². The molecule has 3 atom stereocenters. The fourth-order valence-electron chi connectivity index (χ4n) is 4.16. The lowest BCUT2D eigenvalue weighted by Crippen LogP contribution is -2.50. The molecule has 1 aromatic carbocycles. The minimum Gasteiger partial charge on any atom is -0.481 e. The van der Waals surface area contributed by atoms with Gasteiger partial charge in [-0.1, -0.05) is 30.3 Å². The number of aliphatic carboxylic acids is 1. The Labute approximate surface area is 154 Å². The van der Waals surface area contributed by atoms with Crippen LogP contribution in [0.2, 0.25) is 0 Å². The highest BCUT2D eigenvalue weighted by atomic mass is 16.5. The fourth-order valence-corrected chi connectivity index (χ4v) is 4.16. The second kappa shape index (κ2) is 7.76. The number of methoxy groups -OCH3 is 1. The van der Waals surface area contributed by atoms with Gasteiger partial charge >= 0.3 is 5.97 Å². The van der Waals surface area contributed by atoms with Crippen molar-refractivity contribution in [3.05, 3.63) is 35.9 Å². The number of likely N-dealkylation sites (tertiary alicyclic amines) is 1. The van der Waals surface area contributed by atoms with Crippen LogP contribution in [0.15, 0.2) is 30.3 Å². The van der Waals surface area contributed by atoms with E-state index < -0.39 is 17.5 Å². The SMILES string of the molecule is COC(C)(C(=O)N1CCC([C@@H]2OCCC2C(=O)O)CC1)c1ccccc1. The van der Waals surface area contributed by atoms with Gasteiger partial charge in [0.1, 0.15) is 0 Å². The van der Waals surface area contributed by atoms with Crippen molar-refractivity contribution in [1.82, 2.24) is 4.90 Å². The van der Waals surface area contributed by atoms with Gasteiger partial charge in [-0.25, -0.2) is 0 Å². The topological polar surface area (TPSA) is 76.1 Å². The molecule has 2 unspecified atom stereocenters. The maximum atomic E-state index is 13.1. The average molecular weight is 361 g/mol. The molecule has 0 aliphatic carbocycles. The first kappa shape index (κ1) is 18.9. The summed E-state index contributed by atoms with van der Waals surface area (Å²) >= 11 is 0. The Kier molecular flexibility index (Phi) is 5.63. The molecule has 2 heterocycles. The molecule has 0 aromatic heterocycles. The van der Waals surface area contributed by atoms with Crippen molar-refractivity contribution in [2.75, 3.05) is 26.8 Å². The van der Waals surface area contributed by atoms with Crippen molar-refractivity contribution in [3.63, 3.8) is 0 Å². The molecule has 6 heteroatoms. The highest BCUT2D eigenvalue weighted by molar-refractivity contribution is 5.86. The fraction of sp³-hybridized carbons (Fsp3) is 0.600. The summed E-state index contributed by atoms with van der Waals surface area (Å²) in [4.78, 5) is 26.4. The molecule has 0 spiro atoms. The van der Waals surface area contributed by atoms with Gasteiger partial charge in [0.25, 0.3) is 5.91 Å². The lowest BCUT2D eigenvalue weighted by atomic mass is 9.83. The maximum Gasteiger partial charge on any atom is 0.309 e. The molecule has 0 bridgehead atoms. The van der Waals surface area contributed by atoms with Crippen molar-refractivity contribution in [2.45, 2.75) is 37.9 Å². The number of benzene rings is 1. The van der Waals surface area contributed by atoms with E-state index in [0.29, 0.717) is 26.1 Å². The second-order valence-corrected chi connectivity index (χ2v) is 7.30. The molecule has 2 aliphatic heterocycles. The van der Waals surface area contributed by atoms with Crippen molar-refractivity contribution in [3.8, 4) is 0 Å². The standard InChI is InChI=1S/C20H27NO5/c1-20(25-2,15-6-4-3-5-7-15)19(24)21-11-8-14(9-12-21)17-16(18(22)23)10-13-26-17/h3-7,14,16-17H,8-13H2,1-2H3,(H,22,23)/t16?,17-,20?/m0/s1. The number of carbonyl (C=O) groups is 2. The molecule has 2 saturated heterocycles. The van der Waals surface area contributed by atoms with Crippen LogP contribution in [0.5, 0.6) is 0 Å². The van der Waals surface area contributed by atoms with E-state index in [-0.39, 0.29) is 17.9 Å². The van der Waals surface area contributed by atoms with Crippen LogP contribution in [0.3, 0.4) is 0 Å². The predicted octanol–water partition coefficient (Wildman–Crippen LogP) is 2.28. The van der Waals surface area contributed by atoms with Gasteiger partial charge in [-0.15, -0.1) is 0 Å². The normalized spacial score (nSPS) is 26.5. The number of carboxylic acids is 1. The summed E-state index contributed by atoms with van der Waals surface area (Å²) in [6.45, 7) is 3.51. The lowest BCUT2D eigenvalue weighted by Gasteiger charge is -2.39. The molecule has 2 aliphatic rings. The zero-order valence-corrected chi connectivity index (χ0v) is 15.4. The largest absolute Gasteiger partial charge is 0.481 e. The lowest BCUT2D eigenvalue weighted by molar-refractivity contribution is -0.157. The van der Waals surface area contributed by atoms with Gasteiger partial charge in [0, 0.05) is 26.8 Å². The summed E-state index contributed by atoms with van der Waals surface area (Å²) in [5.41, 5.74) is -0.179. The summed E-state index contributed by atoms with van der Waals surface area (Å²) in [6, 6.07) is 9.51. The number of nitrogens with zero attached hydrogens (tertiary/aromatic N) is 1. The van der Waals surface area contributed by atoms with Crippen LogP contribution in [0.1, 0.15) is 31.7 Å². The number of piperidine rings is 1. The van der Waals surface area contributed by atoms with E-state index in [4.69, 9.17) is 9.47 Å². The van der Waals surface area contributed by atoms with Crippen molar-refractivity contribution in [1.29, 1.82) is 0 Å². The highest BCUT2D eigenvalue weighted by Crippen LogP contribution is 2.35. The van der Waals surface area contributed by atoms with Crippen LogP contribution in [0.4, 0.5) is 0 Å². The van der Waals surface area contributed by atoms with E-state index in [1.807, 2.05) is 35.2 Å². The van der Waals surface area contributed by atoms with Crippen LogP contribution < -0.4 is 0 Å². The van der Waals surface area contributed by atoms with Gasteiger partial charge in [-0.05, 0) is 37.7 Å². The van der Waals surface area contributed by atoms with Crippen LogP contribution in [0, 0.1) is 11.8 Å². The molecule has 6 nitrogen and oxygen atoms in total. The van der Waals surface area contributed by atoms with Gasteiger partial charge in [-0.2, -0.15) is 0 Å². The van der Waals surface area contributed by atoms with Crippen LogP contribution in [-0.2, 0) is 24.7 Å². The van der Waals surface area contributed by atoms with Crippen molar-refractivity contribution in [2.24, 2.45) is 11.8 Å². The quantitative estimate of drug-likeness (QED) is 0.871. The smallest absolute Gasteiger partial charge is 0.309 e. The van der Waals surface area contributed by atoms with Crippen LogP contribution in [-0.4, -0.2) is 54.8 Å². The molecule has 0 radical (unpaired) electrons. The summed E-state index contributed by atoms with van der Waals surface area (Å²) in [6.07, 6.45) is 1.87. The van der Waals surface area contributed by atoms with E-state index in [1.54, 1.807) is 14.0 Å². The molecule has 3 rings (SSSR count). The number of amides is 1. The third-order valence-corrected chi connectivity index (χ3v) is 5.89. The number of carboxylic acid groups (broad SMARTS) is 1. The number of ether oxygens (including phenoxy) is 2. The number of hydrogen-bond acceptors (Lipinski definition) is 4. The summed E-state index contributed by atoms with van der Waals surface area (Å²) in [5.74, 6) is -1.06. The first-order chi connectivity index (χ1) is 12.5. The first-order valence-electron chi connectivity index (χ1n) is 9.22. The Balaban J connectivity index is 1.66. The maximum absolute atomic E-state index is 13.1. The minimum atomic E-state index is -1.01. The van der Waals surface area contributed by atoms with Crippen LogP contribution >= 0.6 is 0 Å². The van der Waals surface area contributed by atoms with E-state index in [9.17, 15) is 14.7 Å². The van der Waals surface area contributed by atoms with Crippen LogP contribution in [0.25, 0.3) is 0 Å². The predicted molar refractivity (Wildman–Crippen MR) is 95.6 cm³/mol. The molecule has 26 heavy (non-hydrogen) atoms. The Morgan fingerprint density at radius 2 is 1.85 bits per heavy atom. The van der Waals surface area contributed by atoms with E-state index in [2.05, 4.69) is 0 Å². The molecule has 1 N–H and O–H groups in total. The summed E-state index contributed by atoms with van der Waals surface area (Å²) in [7, 11) is 1.56. The molecule has 1 aromatic rings. The molecule has 2 fully saturated rings. The second-order valence-electron chi connectivity index (χ2n) is 7.30. The summed E-state index contributed by atoms with van der Waals surface area (Å²) < 4.78 is 11.3. The Morgan fingerprint density at radius 3 is 2.42 bits per heavy atom. The van der Waals surface area contributed by atoms with Gasteiger partial charge < -0.3 is 19.5 Å². The Morgan fingerprint density at radius 1 is 1.19 bits per heavy atom. The highest BCUT2D eigenvalue weighted by Gasteiger charge is 2.43. The number of hydrogen-bond donors (Lipinski definition) is 1. The molecule has 0 saturated carbocycles. The Bertz CT molecular complexity index is 641. The van der Waals surface area contributed by atoms with E-state index in [0.717, 1.165) is 18.4 Å². The number of rotatable bonds is 5. The average Bonchev–Trinajstić information content (AvgIpc) is 3.18. The summed E-state index contributed by atoms with van der Waals surface area (Å²) in [5, 5.41) is 9.36. The first-order valence-corrected chi connectivity index (χ1v) is 9.22. The van der Waals surface area contributed by atoms with Gasteiger partial charge in [0.05, 0.1) is 12.0 Å². The zero-order valence-electron chi connectivity index (χ0n) is 15.4. The molecule has 1 amide bonds. The monoisotopic (exact) mass is 361 g/mol. The third-order valence-electron chi connectivity index (χ3n) is 5.89. The zero-order chi connectivity index (χ0) is 18.7. The van der Waals surface area contributed by atoms with Crippen molar-refractivity contribution >= 4 is 11.9 Å². The van der Waals surface area contributed by atoms with Gasteiger partial charge in [0.2, 0.25) is 0 Å². The third kappa shape index (κ3) is 3.48. The van der Waals surface area contributed by atoms with E-state index in [1.165, 1.54) is 0 Å². The molecule has 142 valence electrons. The molecular weight excluding hydrogens is 334 g/mol.